The summed E-state index contributed by atoms with van der Waals surface area (Å²) in [5.74, 6) is -0.940. The number of carbonyl (C=O) groups excluding carboxylic acids is 1. The molecule has 0 saturated carbocycles. The first-order valence-electron chi connectivity index (χ1n) is 10.4. The van der Waals surface area contributed by atoms with Gasteiger partial charge in [0.2, 0.25) is 0 Å². The van der Waals surface area contributed by atoms with Crippen molar-refractivity contribution in [2.75, 3.05) is 39.1 Å². The third-order valence-corrected chi connectivity index (χ3v) is 5.44. The standard InChI is InChI=1S/C22H27FN4O5/c1-26(17-5-8-31-9-6-17)7-10-32-18-4-2-3-15(11-18)14-25-22(28)19-12-16(23)13-20(21(19)24)27(29)30/h2-4,11-13,17H,5-10,14,24H2,1H3,(H,25,28). The van der Waals surface area contributed by atoms with E-state index in [1.54, 1.807) is 18.2 Å². The number of benzene rings is 2. The molecular weight excluding hydrogens is 419 g/mol. The number of nitrogens with one attached hydrogen (secondary N) is 1. The molecule has 1 aliphatic heterocycles. The minimum absolute atomic E-state index is 0.127. The number of rotatable bonds is 9. The van der Waals surface area contributed by atoms with Crippen LogP contribution in [0.15, 0.2) is 36.4 Å². The van der Waals surface area contributed by atoms with E-state index in [2.05, 4.69) is 17.3 Å². The quantitative estimate of drug-likeness (QED) is 0.345. The fourth-order valence-electron chi connectivity index (χ4n) is 3.58. The number of nitrogens with zero attached hydrogens (tertiary/aromatic N) is 2. The Labute approximate surface area is 185 Å². The Hall–Kier alpha value is -3.24. The maximum Gasteiger partial charge on any atom is 0.295 e. The van der Waals surface area contributed by atoms with Crippen molar-refractivity contribution in [1.82, 2.24) is 10.2 Å². The van der Waals surface area contributed by atoms with Crippen LogP contribution in [0, 0.1) is 15.9 Å². The Morgan fingerprint density at radius 2 is 2.09 bits per heavy atom. The summed E-state index contributed by atoms with van der Waals surface area (Å²) < 4.78 is 24.9. The number of nitro groups is 1. The van der Waals surface area contributed by atoms with E-state index >= 15 is 0 Å². The molecule has 3 N–H and O–H groups in total. The van der Waals surface area contributed by atoms with Crippen molar-refractivity contribution < 1.29 is 23.6 Å². The molecule has 2 aromatic carbocycles. The molecule has 1 amide bonds. The maximum absolute atomic E-state index is 13.7. The van der Waals surface area contributed by atoms with E-state index in [1.807, 2.05) is 6.07 Å². The zero-order valence-corrected chi connectivity index (χ0v) is 17.9. The van der Waals surface area contributed by atoms with Gasteiger partial charge in [-0.15, -0.1) is 0 Å². The van der Waals surface area contributed by atoms with Gasteiger partial charge in [0.25, 0.3) is 11.6 Å². The largest absolute Gasteiger partial charge is 0.492 e. The topological polar surface area (TPSA) is 120 Å². The van der Waals surface area contributed by atoms with Crippen molar-refractivity contribution in [3.63, 3.8) is 0 Å². The number of ether oxygens (including phenoxy) is 2. The van der Waals surface area contributed by atoms with E-state index in [9.17, 15) is 19.3 Å². The Bertz CT molecular complexity index is 965. The first-order chi connectivity index (χ1) is 15.3. The van der Waals surface area contributed by atoms with Gasteiger partial charge in [-0.1, -0.05) is 12.1 Å². The van der Waals surface area contributed by atoms with Crippen molar-refractivity contribution in [3.8, 4) is 5.75 Å². The van der Waals surface area contributed by atoms with Crippen molar-refractivity contribution >= 4 is 17.3 Å². The van der Waals surface area contributed by atoms with Gasteiger partial charge in [0.1, 0.15) is 23.9 Å². The first kappa shape index (κ1) is 23.4. The van der Waals surface area contributed by atoms with E-state index in [-0.39, 0.29) is 17.8 Å². The third kappa shape index (κ3) is 6.14. The van der Waals surface area contributed by atoms with Crippen LogP contribution in [0.5, 0.6) is 5.75 Å². The predicted molar refractivity (Wildman–Crippen MR) is 117 cm³/mol. The summed E-state index contributed by atoms with van der Waals surface area (Å²) in [4.78, 5) is 24.9. The summed E-state index contributed by atoms with van der Waals surface area (Å²) in [5, 5.41) is 13.6. The van der Waals surface area contributed by atoms with Gasteiger partial charge in [-0.3, -0.25) is 19.8 Å². The van der Waals surface area contributed by atoms with Gasteiger partial charge < -0.3 is 20.5 Å². The van der Waals surface area contributed by atoms with Gasteiger partial charge >= 0.3 is 0 Å². The third-order valence-electron chi connectivity index (χ3n) is 5.44. The normalized spacial score (nSPS) is 14.3. The SMILES string of the molecule is CN(CCOc1cccc(CNC(=O)c2cc(F)cc([N+](=O)[O-])c2N)c1)C1CCOCC1. The first-order valence-corrected chi connectivity index (χ1v) is 10.4. The van der Waals surface area contributed by atoms with Crippen LogP contribution >= 0.6 is 0 Å². The maximum atomic E-state index is 13.7. The number of carbonyl (C=O) groups is 1. The molecule has 10 heteroatoms. The van der Waals surface area contributed by atoms with Crippen molar-refractivity contribution in [2.45, 2.75) is 25.4 Å². The molecule has 2 aromatic rings. The monoisotopic (exact) mass is 446 g/mol. The second-order valence-corrected chi connectivity index (χ2v) is 7.65. The highest BCUT2D eigenvalue weighted by atomic mass is 19.1. The number of likely N-dealkylation sites (N-methyl/N-ethyl adjacent to an activating group) is 1. The van der Waals surface area contributed by atoms with Gasteiger partial charge in [0.15, 0.2) is 0 Å². The Morgan fingerprint density at radius 1 is 1.34 bits per heavy atom. The number of nitrogens with two attached hydrogens (primary N) is 1. The number of hydrogen-bond donors (Lipinski definition) is 2. The van der Waals surface area contributed by atoms with Crippen LogP contribution in [0.4, 0.5) is 15.8 Å². The van der Waals surface area contributed by atoms with Crippen LogP contribution in [0.2, 0.25) is 0 Å². The summed E-state index contributed by atoms with van der Waals surface area (Å²) in [6, 6.07) is 9.30. The lowest BCUT2D eigenvalue weighted by atomic mass is 10.1. The minimum atomic E-state index is -0.905. The van der Waals surface area contributed by atoms with Crippen LogP contribution in [-0.2, 0) is 11.3 Å². The molecule has 1 fully saturated rings. The van der Waals surface area contributed by atoms with Gasteiger partial charge in [0.05, 0.1) is 16.6 Å². The van der Waals surface area contributed by atoms with Crippen LogP contribution in [0.25, 0.3) is 0 Å². The van der Waals surface area contributed by atoms with Crippen molar-refractivity contribution in [1.29, 1.82) is 0 Å². The summed E-state index contributed by atoms with van der Waals surface area (Å²) in [6.07, 6.45) is 2.04. The van der Waals surface area contributed by atoms with Gasteiger partial charge in [0, 0.05) is 32.3 Å². The van der Waals surface area contributed by atoms with E-state index in [4.69, 9.17) is 15.2 Å². The zero-order chi connectivity index (χ0) is 23.1. The predicted octanol–water partition coefficient (Wildman–Crippen LogP) is 2.74. The molecule has 0 spiro atoms. The molecule has 0 bridgehead atoms. The Kier molecular flexibility index (Phi) is 7.96. The highest BCUT2D eigenvalue weighted by molar-refractivity contribution is 6.01. The zero-order valence-electron chi connectivity index (χ0n) is 17.9. The minimum Gasteiger partial charge on any atom is -0.492 e. The molecule has 1 saturated heterocycles. The number of nitrogen functional groups attached to an aromatic ring is 1. The molecule has 172 valence electrons. The molecule has 1 aliphatic rings. The van der Waals surface area contributed by atoms with E-state index in [0.29, 0.717) is 24.5 Å². The molecule has 0 radical (unpaired) electrons. The summed E-state index contributed by atoms with van der Waals surface area (Å²) in [6.45, 7) is 3.01. The lowest BCUT2D eigenvalue weighted by Crippen LogP contribution is -2.38. The molecular formula is C22H27FN4O5. The van der Waals surface area contributed by atoms with Gasteiger partial charge in [-0.25, -0.2) is 4.39 Å². The molecule has 0 aromatic heterocycles. The van der Waals surface area contributed by atoms with E-state index in [0.717, 1.165) is 44.2 Å². The highest BCUT2D eigenvalue weighted by Crippen LogP contribution is 2.26. The van der Waals surface area contributed by atoms with Crippen LogP contribution < -0.4 is 15.8 Å². The summed E-state index contributed by atoms with van der Waals surface area (Å²) in [5.41, 5.74) is 5.15. The molecule has 0 unspecified atom stereocenters. The average molecular weight is 446 g/mol. The van der Waals surface area contributed by atoms with Crippen molar-refractivity contribution in [3.05, 3.63) is 63.5 Å². The number of nitro benzene ring substituents is 1. The van der Waals surface area contributed by atoms with Crippen molar-refractivity contribution in [2.24, 2.45) is 0 Å². The van der Waals surface area contributed by atoms with Crippen LogP contribution in [0.1, 0.15) is 28.8 Å². The fraction of sp³-hybridized carbons (Fsp3) is 0.409. The summed E-state index contributed by atoms with van der Waals surface area (Å²) in [7, 11) is 2.08. The molecule has 0 atom stereocenters. The summed E-state index contributed by atoms with van der Waals surface area (Å²) >= 11 is 0. The fourth-order valence-corrected chi connectivity index (χ4v) is 3.58. The second-order valence-electron chi connectivity index (χ2n) is 7.65. The van der Waals surface area contributed by atoms with Crippen LogP contribution in [-0.4, -0.2) is 55.2 Å². The molecule has 9 nitrogen and oxygen atoms in total. The lowest BCUT2D eigenvalue weighted by Gasteiger charge is -2.31. The second kappa shape index (κ2) is 10.9. The van der Waals surface area contributed by atoms with Crippen LogP contribution in [0.3, 0.4) is 0 Å². The Morgan fingerprint density at radius 3 is 2.81 bits per heavy atom. The smallest absolute Gasteiger partial charge is 0.295 e. The molecule has 32 heavy (non-hydrogen) atoms. The van der Waals surface area contributed by atoms with Gasteiger partial charge in [-0.05, 0) is 43.7 Å². The number of amides is 1. The average Bonchev–Trinajstić information content (AvgIpc) is 2.79. The van der Waals surface area contributed by atoms with E-state index < -0.39 is 22.3 Å². The number of anilines is 1. The molecule has 1 heterocycles. The van der Waals surface area contributed by atoms with E-state index in [1.165, 1.54) is 0 Å². The molecule has 3 rings (SSSR count). The number of hydrogen-bond acceptors (Lipinski definition) is 7. The van der Waals surface area contributed by atoms with Gasteiger partial charge in [-0.2, -0.15) is 0 Å². The number of halogens is 1. The lowest BCUT2D eigenvalue weighted by molar-refractivity contribution is -0.384. The Balaban J connectivity index is 1.54. The molecule has 0 aliphatic carbocycles. The highest BCUT2D eigenvalue weighted by Gasteiger charge is 2.22.